The Balaban J connectivity index is 0.00000167. The minimum Gasteiger partial charge on any atom is -0.0874 e. The lowest BCUT2D eigenvalue weighted by Gasteiger charge is -2.40. The Bertz CT molecular complexity index is 1160. The van der Waals surface area contributed by atoms with Crippen molar-refractivity contribution in [1.29, 1.82) is 0 Å². The van der Waals surface area contributed by atoms with Gasteiger partial charge in [-0.3, -0.25) is 0 Å². The molecule has 2 aliphatic rings. The molecule has 0 saturated heterocycles. The Kier molecular flexibility index (Phi) is 9.10. The first-order valence-electron chi connectivity index (χ1n) is 13.3. The molecule has 2 aromatic carbocycles. The molecule has 3 atom stereocenters. The molecule has 0 N–H and O–H groups in total. The highest BCUT2D eigenvalue weighted by atomic mass is 14.5. The van der Waals surface area contributed by atoms with Crippen molar-refractivity contribution in [3.8, 4) is 11.1 Å². The molecule has 0 radical (unpaired) electrons. The van der Waals surface area contributed by atoms with Crippen LogP contribution in [0.1, 0.15) is 65.5 Å². The predicted molar refractivity (Wildman–Crippen MR) is 156 cm³/mol. The molecule has 0 nitrogen and oxygen atoms in total. The minimum atomic E-state index is -0.229. The highest BCUT2D eigenvalue weighted by Gasteiger charge is 2.53. The van der Waals surface area contributed by atoms with E-state index < -0.39 is 0 Å². The zero-order valence-corrected chi connectivity index (χ0v) is 22.6. The summed E-state index contributed by atoms with van der Waals surface area (Å²) in [6, 6.07) is 17.9. The monoisotopic (exact) mass is 462 g/mol. The van der Waals surface area contributed by atoms with E-state index in [-0.39, 0.29) is 5.41 Å². The third-order valence-corrected chi connectivity index (χ3v) is 7.12. The second-order valence-corrected chi connectivity index (χ2v) is 9.39. The van der Waals surface area contributed by atoms with Gasteiger partial charge >= 0.3 is 0 Å². The van der Waals surface area contributed by atoms with Crippen molar-refractivity contribution in [2.45, 2.75) is 59.8 Å². The standard InChI is InChI=1S/C33H36.C2H6/c1-6-14-27(7-2)33(28(8-3)21-19-24(4)5)31-18-13-12-17-29(31)30-22-20-26(23-32(30)33)25-15-10-9-11-16-25;1-2/h6-24,29,31H,1-5H3;1-2H3/b14-6-,21-19-,27-7+,28-8+;. The molecule has 3 unspecified atom stereocenters. The summed E-state index contributed by atoms with van der Waals surface area (Å²) in [4.78, 5) is 0. The average Bonchev–Trinajstić information content (AvgIpc) is 3.19. The van der Waals surface area contributed by atoms with Gasteiger partial charge in [0.05, 0.1) is 5.41 Å². The van der Waals surface area contributed by atoms with E-state index in [9.17, 15) is 0 Å². The van der Waals surface area contributed by atoms with E-state index in [0.717, 1.165) is 0 Å². The second kappa shape index (κ2) is 12.0. The van der Waals surface area contributed by atoms with Crippen molar-refractivity contribution < 1.29 is 0 Å². The minimum absolute atomic E-state index is 0.229. The van der Waals surface area contributed by atoms with Crippen molar-refractivity contribution in [3.05, 3.63) is 132 Å². The van der Waals surface area contributed by atoms with Crippen LogP contribution in [0.5, 0.6) is 0 Å². The van der Waals surface area contributed by atoms with Gasteiger partial charge in [0, 0.05) is 11.8 Å². The SMILES string of the molecule is C/C=C\C(=C/C)C1(C(/C=C\C(C)C)=C/C)c2cc(-c3ccccc3)ccc2C2C=CC=CC21.CC. The Hall–Kier alpha value is -3.12. The largest absolute Gasteiger partial charge is 0.0874 e. The number of fused-ring (bicyclic) bond motifs is 3. The van der Waals surface area contributed by atoms with Crippen LogP contribution in [-0.2, 0) is 5.41 Å². The van der Waals surface area contributed by atoms with Crippen LogP contribution in [0.15, 0.2) is 120 Å². The Morgan fingerprint density at radius 1 is 0.800 bits per heavy atom. The molecule has 35 heavy (non-hydrogen) atoms. The lowest BCUT2D eigenvalue weighted by atomic mass is 9.61. The molecule has 0 aliphatic heterocycles. The predicted octanol–water partition coefficient (Wildman–Crippen LogP) is 10.1. The van der Waals surface area contributed by atoms with Gasteiger partial charge in [0.15, 0.2) is 0 Å². The molecule has 0 amide bonds. The van der Waals surface area contributed by atoms with Gasteiger partial charge < -0.3 is 0 Å². The van der Waals surface area contributed by atoms with Gasteiger partial charge in [-0.25, -0.2) is 0 Å². The van der Waals surface area contributed by atoms with Crippen molar-refractivity contribution in [2.24, 2.45) is 11.8 Å². The number of benzene rings is 2. The van der Waals surface area contributed by atoms with E-state index in [0.29, 0.717) is 17.8 Å². The van der Waals surface area contributed by atoms with Crippen LogP contribution in [0.25, 0.3) is 11.1 Å². The van der Waals surface area contributed by atoms with Crippen molar-refractivity contribution >= 4 is 0 Å². The summed E-state index contributed by atoms with van der Waals surface area (Å²) in [6.07, 6.45) is 23.2. The van der Waals surface area contributed by atoms with Gasteiger partial charge in [0.2, 0.25) is 0 Å². The van der Waals surface area contributed by atoms with E-state index in [2.05, 4.69) is 144 Å². The molecule has 0 heterocycles. The Morgan fingerprint density at radius 3 is 2.09 bits per heavy atom. The summed E-state index contributed by atoms with van der Waals surface area (Å²) in [6.45, 7) is 15.0. The lowest BCUT2D eigenvalue weighted by molar-refractivity contribution is 0.453. The van der Waals surface area contributed by atoms with Gasteiger partial charge in [-0.1, -0.05) is 131 Å². The molecule has 2 aliphatic carbocycles. The number of allylic oxidation sites excluding steroid dienone is 12. The summed E-state index contributed by atoms with van der Waals surface area (Å²) in [7, 11) is 0. The lowest BCUT2D eigenvalue weighted by Crippen LogP contribution is -2.36. The smallest absolute Gasteiger partial charge is 0.0519 e. The molecule has 0 bridgehead atoms. The van der Waals surface area contributed by atoms with Gasteiger partial charge in [-0.05, 0) is 66.2 Å². The van der Waals surface area contributed by atoms with Crippen LogP contribution in [0, 0.1) is 11.8 Å². The van der Waals surface area contributed by atoms with Gasteiger partial charge in [-0.2, -0.15) is 0 Å². The van der Waals surface area contributed by atoms with Gasteiger partial charge in [0.1, 0.15) is 0 Å². The first kappa shape index (κ1) is 26.5. The molecule has 2 aromatic rings. The highest BCUT2D eigenvalue weighted by molar-refractivity contribution is 5.72. The molecule has 0 saturated carbocycles. The molecular formula is C35H42. The van der Waals surface area contributed by atoms with E-state index in [4.69, 9.17) is 0 Å². The molecule has 182 valence electrons. The first-order valence-corrected chi connectivity index (χ1v) is 13.3. The molecular weight excluding hydrogens is 420 g/mol. The maximum absolute atomic E-state index is 2.46. The van der Waals surface area contributed by atoms with E-state index in [1.807, 2.05) is 13.8 Å². The normalized spacial score (nSPS) is 23.5. The zero-order valence-electron chi connectivity index (χ0n) is 22.6. The Morgan fingerprint density at radius 2 is 1.46 bits per heavy atom. The van der Waals surface area contributed by atoms with Crippen molar-refractivity contribution in [3.63, 3.8) is 0 Å². The fourth-order valence-electron chi connectivity index (χ4n) is 5.75. The average molecular weight is 463 g/mol. The fourth-order valence-corrected chi connectivity index (χ4v) is 5.75. The molecule has 4 rings (SSSR count). The first-order chi connectivity index (χ1) is 17.1. The Labute approximate surface area is 214 Å². The number of rotatable bonds is 6. The van der Waals surface area contributed by atoms with Gasteiger partial charge in [0.25, 0.3) is 0 Å². The molecule has 0 spiro atoms. The summed E-state index contributed by atoms with van der Waals surface area (Å²) >= 11 is 0. The van der Waals surface area contributed by atoms with Crippen LogP contribution in [0.4, 0.5) is 0 Å². The van der Waals surface area contributed by atoms with E-state index >= 15 is 0 Å². The van der Waals surface area contributed by atoms with Crippen molar-refractivity contribution in [1.82, 2.24) is 0 Å². The quantitative estimate of drug-likeness (QED) is 0.375. The second-order valence-electron chi connectivity index (χ2n) is 9.39. The van der Waals surface area contributed by atoms with Crippen LogP contribution in [0.3, 0.4) is 0 Å². The third kappa shape index (κ3) is 4.85. The summed E-state index contributed by atoms with van der Waals surface area (Å²) in [5.41, 5.74) is 7.94. The summed E-state index contributed by atoms with van der Waals surface area (Å²) < 4.78 is 0. The van der Waals surface area contributed by atoms with Crippen LogP contribution in [0.2, 0.25) is 0 Å². The van der Waals surface area contributed by atoms with Crippen molar-refractivity contribution in [2.75, 3.05) is 0 Å². The van der Waals surface area contributed by atoms with Crippen LogP contribution >= 0.6 is 0 Å². The fraction of sp³-hybridized carbons (Fsp3) is 0.314. The number of hydrogen-bond acceptors (Lipinski definition) is 0. The molecule has 0 fully saturated rings. The van der Waals surface area contributed by atoms with E-state index in [1.165, 1.54) is 33.4 Å². The van der Waals surface area contributed by atoms with Crippen LogP contribution in [-0.4, -0.2) is 0 Å². The number of hydrogen-bond donors (Lipinski definition) is 0. The maximum atomic E-state index is 2.46. The molecule has 0 heteroatoms. The summed E-state index contributed by atoms with van der Waals surface area (Å²) in [5, 5.41) is 0. The third-order valence-electron chi connectivity index (χ3n) is 7.12. The zero-order chi connectivity index (χ0) is 25.4. The highest BCUT2D eigenvalue weighted by Crippen LogP contribution is 2.60. The van der Waals surface area contributed by atoms with E-state index in [1.54, 1.807) is 0 Å². The topological polar surface area (TPSA) is 0 Å². The molecule has 0 aromatic heterocycles. The maximum Gasteiger partial charge on any atom is 0.0519 e. The summed E-state index contributed by atoms with van der Waals surface area (Å²) in [5.74, 6) is 1.22. The van der Waals surface area contributed by atoms with Gasteiger partial charge in [-0.15, -0.1) is 0 Å². The van der Waals surface area contributed by atoms with Crippen LogP contribution < -0.4 is 0 Å².